The van der Waals surface area contributed by atoms with Crippen molar-refractivity contribution in [1.82, 2.24) is 0 Å². The van der Waals surface area contributed by atoms with Gasteiger partial charge in [-0.05, 0) is 0 Å². The van der Waals surface area contributed by atoms with Crippen LogP contribution in [0.3, 0.4) is 0 Å². The number of rotatable bonds is 3. The van der Waals surface area contributed by atoms with Gasteiger partial charge < -0.3 is 29.8 Å². The third-order valence-corrected chi connectivity index (χ3v) is 2.30. The number of nitrogens with two attached hydrogens (primary N) is 1. The lowest BCUT2D eigenvalue weighted by Gasteiger charge is -2.39. The zero-order chi connectivity index (χ0) is 10.7. The van der Waals surface area contributed by atoms with Crippen LogP contribution in [0.25, 0.3) is 0 Å². The molecule has 0 amide bonds. The Balaban J connectivity index is 2.76. The summed E-state index contributed by atoms with van der Waals surface area (Å²) in [6, 6.07) is -0.721. The van der Waals surface area contributed by atoms with Gasteiger partial charge in [-0.25, -0.2) is 0 Å². The second-order valence-electron chi connectivity index (χ2n) is 3.11. The highest BCUT2D eigenvalue weighted by atomic mass is 16.7. The molecule has 1 saturated heterocycles. The van der Waals surface area contributed by atoms with Crippen molar-refractivity contribution in [3.05, 3.63) is 0 Å². The van der Waals surface area contributed by atoms with Gasteiger partial charge in [0.25, 0.3) is 0 Å². The molecule has 6 heteroatoms. The number of hydrogen-bond donors (Lipinski definition) is 2. The zero-order valence-electron chi connectivity index (χ0n) is 8.12. The number of carbonyl (C=O) groups excluding carboxylic acids is 1. The van der Waals surface area contributed by atoms with Crippen LogP contribution in [0.4, 0.5) is 0 Å². The van der Waals surface area contributed by atoms with Crippen LogP contribution in [-0.2, 0) is 19.0 Å². The van der Waals surface area contributed by atoms with Gasteiger partial charge >= 0.3 is 0 Å². The van der Waals surface area contributed by atoms with Crippen LogP contribution in [0.1, 0.15) is 0 Å². The van der Waals surface area contributed by atoms with Crippen LogP contribution in [-0.4, -0.2) is 56.3 Å². The molecule has 0 saturated carbocycles. The van der Waals surface area contributed by atoms with E-state index in [2.05, 4.69) is 0 Å². The van der Waals surface area contributed by atoms with Gasteiger partial charge in [-0.3, -0.25) is 0 Å². The van der Waals surface area contributed by atoms with E-state index in [-0.39, 0.29) is 0 Å². The Labute approximate surface area is 81.9 Å². The summed E-state index contributed by atoms with van der Waals surface area (Å²) in [6.45, 7) is 0. The molecule has 1 heterocycles. The Morgan fingerprint density at radius 2 is 2.07 bits per heavy atom. The number of carbonyl (C=O) groups is 1. The molecule has 1 aliphatic rings. The highest BCUT2D eigenvalue weighted by molar-refractivity contribution is 5.57. The molecule has 3 N–H and O–H groups in total. The fourth-order valence-electron chi connectivity index (χ4n) is 1.49. The van der Waals surface area contributed by atoms with Gasteiger partial charge in [0.05, 0.1) is 6.04 Å². The third-order valence-electron chi connectivity index (χ3n) is 2.30. The lowest BCUT2D eigenvalue weighted by atomic mass is 9.98. The van der Waals surface area contributed by atoms with Crippen molar-refractivity contribution in [2.24, 2.45) is 5.73 Å². The molecule has 1 fully saturated rings. The first-order valence-corrected chi connectivity index (χ1v) is 4.25. The first-order chi connectivity index (χ1) is 6.65. The predicted octanol–water partition coefficient (Wildman–Crippen LogP) is -1.74. The summed E-state index contributed by atoms with van der Waals surface area (Å²) in [5.74, 6) is 0. The maximum absolute atomic E-state index is 10.6. The van der Waals surface area contributed by atoms with Crippen LogP contribution in [0.2, 0.25) is 0 Å². The van der Waals surface area contributed by atoms with Crippen molar-refractivity contribution in [2.75, 3.05) is 14.2 Å². The Hall–Kier alpha value is -0.530. The first-order valence-electron chi connectivity index (χ1n) is 4.25. The number of aliphatic hydroxyl groups is 1. The number of methoxy groups -OCH3 is 2. The SMILES string of the molecule is COC1OC(C=O)C(OC)C(O)C1N. The van der Waals surface area contributed by atoms with E-state index >= 15 is 0 Å². The van der Waals surface area contributed by atoms with Crippen LogP contribution >= 0.6 is 0 Å². The van der Waals surface area contributed by atoms with Crippen molar-refractivity contribution in [3.8, 4) is 0 Å². The lowest BCUT2D eigenvalue weighted by molar-refractivity contribution is -0.247. The minimum Gasteiger partial charge on any atom is -0.388 e. The molecule has 1 aliphatic heterocycles. The quantitative estimate of drug-likeness (QED) is 0.531. The van der Waals surface area contributed by atoms with Gasteiger partial charge in [0.2, 0.25) is 0 Å². The first kappa shape index (κ1) is 11.5. The average Bonchev–Trinajstić information content (AvgIpc) is 2.21. The van der Waals surface area contributed by atoms with Crippen LogP contribution in [0.15, 0.2) is 0 Å². The molecule has 82 valence electrons. The highest BCUT2D eigenvalue weighted by Gasteiger charge is 2.43. The molecular formula is C8H15NO5. The van der Waals surface area contributed by atoms with Crippen molar-refractivity contribution >= 4 is 6.29 Å². The van der Waals surface area contributed by atoms with Crippen molar-refractivity contribution in [2.45, 2.75) is 30.6 Å². The minimum absolute atomic E-state index is 0.565. The summed E-state index contributed by atoms with van der Waals surface area (Å²) in [7, 11) is 2.78. The largest absolute Gasteiger partial charge is 0.388 e. The summed E-state index contributed by atoms with van der Waals surface area (Å²) in [6.07, 6.45) is -2.79. The van der Waals surface area contributed by atoms with E-state index in [0.717, 1.165) is 0 Å². The Bertz CT molecular complexity index is 200. The topological polar surface area (TPSA) is 91.0 Å². The monoisotopic (exact) mass is 205 g/mol. The van der Waals surface area contributed by atoms with E-state index < -0.39 is 30.6 Å². The predicted molar refractivity (Wildman–Crippen MR) is 46.5 cm³/mol. The van der Waals surface area contributed by atoms with E-state index in [1.54, 1.807) is 0 Å². The van der Waals surface area contributed by atoms with Crippen molar-refractivity contribution in [3.63, 3.8) is 0 Å². The van der Waals surface area contributed by atoms with Gasteiger partial charge in [0.1, 0.15) is 18.3 Å². The molecule has 0 aromatic carbocycles. The smallest absolute Gasteiger partial charge is 0.175 e. The fourth-order valence-corrected chi connectivity index (χ4v) is 1.49. The summed E-state index contributed by atoms with van der Waals surface area (Å²) < 4.78 is 15.0. The summed E-state index contributed by atoms with van der Waals surface area (Å²) >= 11 is 0. The van der Waals surface area contributed by atoms with E-state index in [0.29, 0.717) is 6.29 Å². The highest BCUT2D eigenvalue weighted by Crippen LogP contribution is 2.21. The lowest BCUT2D eigenvalue weighted by Crippen LogP contribution is -2.62. The molecule has 0 bridgehead atoms. The van der Waals surface area contributed by atoms with Gasteiger partial charge in [0, 0.05) is 14.2 Å². The molecule has 0 radical (unpaired) electrons. The van der Waals surface area contributed by atoms with Crippen LogP contribution in [0.5, 0.6) is 0 Å². The standard InChI is InChI=1S/C8H15NO5/c1-12-7-4(3-10)14-8(13-2)5(9)6(7)11/h3-8,11H,9H2,1-2H3. The molecule has 5 unspecified atom stereocenters. The van der Waals surface area contributed by atoms with Crippen LogP contribution in [0, 0.1) is 0 Å². The number of aldehydes is 1. The number of hydrogen-bond acceptors (Lipinski definition) is 6. The Morgan fingerprint density at radius 1 is 1.43 bits per heavy atom. The number of aliphatic hydroxyl groups excluding tert-OH is 1. The van der Waals surface area contributed by atoms with Crippen LogP contribution < -0.4 is 5.73 Å². The van der Waals surface area contributed by atoms with E-state index in [4.69, 9.17) is 19.9 Å². The molecule has 1 rings (SSSR count). The van der Waals surface area contributed by atoms with Gasteiger partial charge in [-0.2, -0.15) is 0 Å². The fraction of sp³-hybridized carbons (Fsp3) is 0.875. The third kappa shape index (κ3) is 1.94. The van der Waals surface area contributed by atoms with E-state index in [1.165, 1.54) is 14.2 Å². The van der Waals surface area contributed by atoms with Gasteiger partial charge in [-0.15, -0.1) is 0 Å². The molecule has 6 nitrogen and oxygen atoms in total. The Kier molecular flexibility index (Phi) is 3.97. The van der Waals surface area contributed by atoms with Crippen molar-refractivity contribution < 1.29 is 24.1 Å². The molecule has 0 aromatic rings. The summed E-state index contributed by atoms with van der Waals surface area (Å²) in [4.78, 5) is 10.6. The second-order valence-corrected chi connectivity index (χ2v) is 3.11. The summed E-state index contributed by atoms with van der Waals surface area (Å²) in [5, 5.41) is 9.67. The van der Waals surface area contributed by atoms with Gasteiger partial charge in [-0.1, -0.05) is 0 Å². The maximum atomic E-state index is 10.6. The molecule has 0 spiro atoms. The Morgan fingerprint density at radius 3 is 2.50 bits per heavy atom. The molecular weight excluding hydrogens is 190 g/mol. The molecule has 0 aromatic heterocycles. The average molecular weight is 205 g/mol. The van der Waals surface area contributed by atoms with E-state index in [9.17, 15) is 9.90 Å². The van der Waals surface area contributed by atoms with Crippen molar-refractivity contribution in [1.29, 1.82) is 0 Å². The van der Waals surface area contributed by atoms with E-state index in [1.807, 2.05) is 0 Å². The minimum atomic E-state index is -0.978. The van der Waals surface area contributed by atoms with Gasteiger partial charge in [0.15, 0.2) is 12.6 Å². The molecule has 0 aliphatic carbocycles. The number of ether oxygens (including phenoxy) is 3. The zero-order valence-corrected chi connectivity index (χ0v) is 8.12. The molecule has 5 atom stereocenters. The summed E-state index contributed by atoms with van der Waals surface area (Å²) in [5.41, 5.74) is 5.62. The molecule has 14 heavy (non-hydrogen) atoms. The normalized spacial score (nSPS) is 43.6. The second kappa shape index (κ2) is 4.81. The maximum Gasteiger partial charge on any atom is 0.175 e.